The standard InChI is InChI=1S/C25H24N6O2/c1-16-8-9-19(14-26-16)18-10-11-22-20(13-18)25(32)29-23-7-3-6-21(28-23)24-30-27-15-31(24)17(2)5-4-12-33-22/h3,6-11,13-15,17H,4-5,12H2,1-2H3,(H,28,29,32). The smallest absolute Gasteiger partial charge is 0.260 e. The fourth-order valence-corrected chi connectivity index (χ4v) is 3.91. The molecule has 0 spiro atoms. The van der Waals surface area contributed by atoms with Gasteiger partial charge in [-0.2, -0.15) is 0 Å². The highest BCUT2D eigenvalue weighted by molar-refractivity contribution is 6.06. The average Bonchev–Trinajstić information content (AvgIpc) is 3.32. The van der Waals surface area contributed by atoms with E-state index in [9.17, 15) is 4.79 Å². The van der Waals surface area contributed by atoms with Gasteiger partial charge in [0.1, 0.15) is 23.6 Å². The van der Waals surface area contributed by atoms with Gasteiger partial charge in [0.15, 0.2) is 5.82 Å². The molecule has 1 aromatic carbocycles. The minimum Gasteiger partial charge on any atom is -0.493 e. The first-order valence-corrected chi connectivity index (χ1v) is 11.0. The van der Waals surface area contributed by atoms with Gasteiger partial charge in [0.2, 0.25) is 0 Å². The molecule has 0 fully saturated rings. The number of ether oxygens (including phenoxy) is 1. The normalized spacial score (nSPS) is 16.1. The lowest BCUT2D eigenvalue weighted by Gasteiger charge is -2.18. The number of fused-ring (bicyclic) bond motifs is 5. The number of aryl methyl sites for hydroxylation is 1. The predicted molar refractivity (Wildman–Crippen MR) is 125 cm³/mol. The van der Waals surface area contributed by atoms with Gasteiger partial charge in [-0.25, -0.2) is 4.98 Å². The van der Waals surface area contributed by atoms with E-state index in [1.165, 1.54) is 0 Å². The Morgan fingerprint density at radius 1 is 1.12 bits per heavy atom. The largest absolute Gasteiger partial charge is 0.493 e. The lowest BCUT2D eigenvalue weighted by Crippen LogP contribution is -2.16. The van der Waals surface area contributed by atoms with Gasteiger partial charge in [-0.05, 0) is 62.6 Å². The molecule has 4 aromatic rings. The summed E-state index contributed by atoms with van der Waals surface area (Å²) in [6, 6.07) is 15.2. The zero-order valence-corrected chi connectivity index (χ0v) is 18.5. The van der Waals surface area contributed by atoms with Crippen molar-refractivity contribution in [1.82, 2.24) is 24.7 Å². The number of carbonyl (C=O) groups excluding carboxylic acids is 1. The molecule has 0 radical (unpaired) electrons. The highest BCUT2D eigenvalue weighted by atomic mass is 16.5. The van der Waals surface area contributed by atoms with E-state index in [1.807, 2.05) is 54.0 Å². The number of amides is 1. The molecule has 166 valence electrons. The number of benzene rings is 1. The molecule has 5 rings (SSSR count). The van der Waals surface area contributed by atoms with Crippen LogP contribution in [0, 0.1) is 6.92 Å². The highest BCUT2D eigenvalue weighted by Crippen LogP contribution is 2.29. The Morgan fingerprint density at radius 3 is 2.85 bits per heavy atom. The van der Waals surface area contributed by atoms with Crippen LogP contribution in [0.5, 0.6) is 5.75 Å². The maximum absolute atomic E-state index is 13.3. The van der Waals surface area contributed by atoms with E-state index < -0.39 is 0 Å². The fourth-order valence-electron chi connectivity index (χ4n) is 3.91. The summed E-state index contributed by atoms with van der Waals surface area (Å²) in [5, 5.41) is 11.2. The molecule has 1 aliphatic heterocycles. The van der Waals surface area contributed by atoms with Crippen molar-refractivity contribution in [3.05, 3.63) is 72.3 Å². The second kappa shape index (κ2) is 8.82. The first kappa shape index (κ1) is 20.8. The number of hydrogen-bond acceptors (Lipinski definition) is 6. The van der Waals surface area contributed by atoms with Crippen LogP contribution in [0.1, 0.15) is 41.9 Å². The maximum Gasteiger partial charge on any atom is 0.260 e. The summed E-state index contributed by atoms with van der Waals surface area (Å²) in [5.74, 6) is 1.36. The van der Waals surface area contributed by atoms with Crippen LogP contribution in [0.3, 0.4) is 0 Å². The van der Waals surface area contributed by atoms with E-state index >= 15 is 0 Å². The predicted octanol–water partition coefficient (Wildman–Crippen LogP) is 4.70. The molecule has 33 heavy (non-hydrogen) atoms. The Labute approximate surface area is 191 Å². The van der Waals surface area contributed by atoms with Crippen LogP contribution in [0.15, 0.2) is 61.1 Å². The van der Waals surface area contributed by atoms with Crippen molar-refractivity contribution in [3.63, 3.8) is 0 Å². The summed E-state index contributed by atoms with van der Waals surface area (Å²) in [6.07, 6.45) is 5.22. The van der Waals surface area contributed by atoms with Gasteiger partial charge in [-0.3, -0.25) is 9.78 Å². The Balaban J connectivity index is 1.55. The van der Waals surface area contributed by atoms with E-state index in [0.717, 1.165) is 29.7 Å². The third-order valence-electron chi connectivity index (χ3n) is 5.76. The van der Waals surface area contributed by atoms with Crippen molar-refractivity contribution in [2.24, 2.45) is 0 Å². The van der Waals surface area contributed by atoms with E-state index in [4.69, 9.17) is 4.74 Å². The quantitative estimate of drug-likeness (QED) is 0.461. The van der Waals surface area contributed by atoms with Crippen LogP contribution in [0.4, 0.5) is 5.82 Å². The molecular formula is C25H24N6O2. The van der Waals surface area contributed by atoms with Crippen LogP contribution in [0.25, 0.3) is 22.6 Å². The number of pyridine rings is 2. The van der Waals surface area contributed by atoms with Gasteiger partial charge >= 0.3 is 0 Å². The molecule has 2 bridgehead atoms. The van der Waals surface area contributed by atoms with Gasteiger partial charge in [-0.15, -0.1) is 10.2 Å². The Bertz CT molecular complexity index is 1300. The lowest BCUT2D eigenvalue weighted by atomic mass is 10.0. The number of nitrogens with one attached hydrogen (secondary N) is 1. The van der Waals surface area contributed by atoms with E-state index in [1.54, 1.807) is 18.6 Å². The average molecular weight is 441 g/mol. The van der Waals surface area contributed by atoms with E-state index in [2.05, 4.69) is 32.4 Å². The first-order valence-electron chi connectivity index (χ1n) is 11.0. The molecule has 8 nitrogen and oxygen atoms in total. The number of hydrogen-bond donors (Lipinski definition) is 1. The summed E-state index contributed by atoms with van der Waals surface area (Å²) in [5.41, 5.74) is 3.88. The van der Waals surface area contributed by atoms with Crippen LogP contribution in [0.2, 0.25) is 0 Å². The van der Waals surface area contributed by atoms with Gasteiger partial charge in [0, 0.05) is 23.5 Å². The molecule has 1 unspecified atom stereocenters. The number of carbonyl (C=O) groups is 1. The second-order valence-electron chi connectivity index (χ2n) is 8.16. The van der Waals surface area contributed by atoms with Crippen molar-refractivity contribution in [2.75, 3.05) is 11.9 Å². The topological polar surface area (TPSA) is 94.8 Å². The Morgan fingerprint density at radius 2 is 2.00 bits per heavy atom. The Kier molecular flexibility index (Phi) is 5.56. The SMILES string of the molecule is Cc1ccc(-c2ccc3c(c2)C(=O)Nc2cccc(n2)-c2nncn2C(C)CCCO3)cn1. The molecule has 0 saturated carbocycles. The summed E-state index contributed by atoms with van der Waals surface area (Å²) in [6.45, 7) is 4.57. The third-order valence-corrected chi connectivity index (χ3v) is 5.76. The van der Waals surface area contributed by atoms with Crippen LogP contribution >= 0.6 is 0 Å². The van der Waals surface area contributed by atoms with Crippen LogP contribution in [-0.2, 0) is 0 Å². The van der Waals surface area contributed by atoms with Crippen molar-refractivity contribution >= 4 is 11.7 Å². The molecule has 1 amide bonds. The first-order chi connectivity index (χ1) is 16.1. The van der Waals surface area contributed by atoms with Crippen LogP contribution < -0.4 is 10.1 Å². The van der Waals surface area contributed by atoms with Gasteiger partial charge in [0.05, 0.1) is 12.2 Å². The van der Waals surface area contributed by atoms with E-state index in [-0.39, 0.29) is 11.9 Å². The molecular weight excluding hydrogens is 416 g/mol. The maximum atomic E-state index is 13.3. The molecule has 0 saturated heterocycles. The summed E-state index contributed by atoms with van der Waals surface area (Å²) in [7, 11) is 0. The molecule has 0 aliphatic carbocycles. The van der Waals surface area contributed by atoms with Crippen molar-refractivity contribution in [3.8, 4) is 28.4 Å². The highest BCUT2D eigenvalue weighted by Gasteiger charge is 2.19. The zero-order chi connectivity index (χ0) is 22.8. The number of nitrogens with zero attached hydrogens (tertiary/aromatic N) is 5. The minimum absolute atomic E-state index is 0.178. The number of anilines is 1. The molecule has 8 heteroatoms. The summed E-state index contributed by atoms with van der Waals surface area (Å²) < 4.78 is 8.06. The fraction of sp³-hybridized carbons (Fsp3) is 0.240. The van der Waals surface area contributed by atoms with E-state index in [0.29, 0.717) is 35.3 Å². The summed E-state index contributed by atoms with van der Waals surface area (Å²) >= 11 is 0. The van der Waals surface area contributed by atoms with Crippen molar-refractivity contribution < 1.29 is 9.53 Å². The summed E-state index contributed by atoms with van der Waals surface area (Å²) in [4.78, 5) is 22.3. The Hall–Kier alpha value is -4.07. The molecule has 1 N–H and O–H groups in total. The van der Waals surface area contributed by atoms with Gasteiger partial charge in [0.25, 0.3) is 5.91 Å². The van der Waals surface area contributed by atoms with Crippen molar-refractivity contribution in [2.45, 2.75) is 32.7 Å². The molecule has 3 aromatic heterocycles. The molecule has 1 aliphatic rings. The monoisotopic (exact) mass is 440 g/mol. The van der Waals surface area contributed by atoms with Gasteiger partial charge in [-0.1, -0.05) is 18.2 Å². The number of aromatic nitrogens is 5. The second-order valence-corrected chi connectivity index (χ2v) is 8.16. The minimum atomic E-state index is -0.288. The van der Waals surface area contributed by atoms with Crippen LogP contribution in [-0.4, -0.2) is 37.2 Å². The number of rotatable bonds is 1. The third kappa shape index (κ3) is 4.32. The van der Waals surface area contributed by atoms with Gasteiger partial charge < -0.3 is 14.6 Å². The zero-order valence-electron chi connectivity index (χ0n) is 18.5. The lowest BCUT2D eigenvalue weighted by molar-refractivity contribution is 0.102. The van der Waals surface area contributed by atoms with Crippen molar-refractivity contribution in [1.29, 1.82) is 0 Å². The molecule has 4 heterocycles. The molecule has 1 atom stereocenters.